The molecule has 0 amide bonds. The van der Waals surface area contributed by atoms with Crippen molar-refractivity contribution in [3.63, 3.8) is 0 Å². The second-order valence-electron chi connectivity index (χ2n) is 7.29. The topological polar surface area (TPSA) is 40.1 Å². The monoisotopic (exact) mass is 472 g/mol. The number of likely N-dealkylation sites (tertiary alicyclic amines) is 1. The number of hydrogen-bond acceptors (Lipinski definition) is 3. The number of ether oxygens (including phenoxy) is 1. The van der Waals surface area contributed by atoms with Gasteiger partial charge in [-0.25, -0.2) is 0 Å². The van der Waals surface area contributed by atoms with Crippen LogP contribution in [-0.4, -0.2) is 68.7 Å². The molecule has 2 saturated heterocycles. The first-order chi connectivity index (χ1) is 12.3. The fourth-order valence-electron chi connectivity index (χ4n) is 3.95. The van der Waals surface area contributed by atoms with Crippen LogP contribution in [0.4, 0.5) is 0 Å². The number of nitrogens with zero attached hydrogens (tertiary/aromatic N) is 3. The van der Waals surface area contributed by atoms with Crippen LogP contribution in [0, 0.1) is 5.92 Å². The van der Waals surface area contributed by atoms with E-state index in [-0.39, 0.29) is 24.0 Å². The fourth-order valence-corrected chi connectivity index (χ4v) is 3.95. The van der Waals surface area contributed by atoms with E-state index >= 15 is 0 Å². The zero-order valence-corrected chi connectivity index (χ0v) is 18.4. The highest BCUT2D eigenvalue weighted by Gasteiger charge is 2.25. The number of aliphatic imine (C=N–C) groups is 1. The minimum absolute atomic E-state index is 0. The maximum atomic E-state index is 5.49. The molecule has 146 valence electrons. The Morgan fingerprint density at radius 1 is 1.31 bits per heavy atom. The summed E-state index contributed by atoms with van der Waals surface area (Å²) in [5.74, 6) is 1.63. The van der Waals surface area contributed by atoms with Gasteiger partial charge in [0, 0.05) is 52.3 Å². The summed E-state index contributed by atoms with van der Waals surface area (Å²) in [6.07, 6.45) is 3.71. The molecule has 0 radical (unpaired) electrons. The first kappa shape index (κ1) is 21.4. The van der Waals surface area contributed by atoms with E-state index in [1.165, 1.54) is 24.9 Å². The van der Waals surface area contributed by atoms with Crippen LogP contribution in [-0.2, 0) is 11.3 Å². The SMILES string of the molecule is CN=C(NCC1CCCN1Cc1ccccc1)N(C)CC1CCOC1.I. The lowest BCUT2D eigenvalue weighted by molar-refractivity contribution is 0.181. The molecule has 2 unspecified atom stereocenters. The highest BCUT2D eigenvalue weighted by Crippen LogP contribution is 2.19. The van der Waals surface area contributed by atoms with Gasteiger partial charge < -0.3 is 15.0 Å². The zero-order chi connectivity index (χ0) is 17.5. The lowest BCUT2D eigenvalue weighted by atomic mass is 10.1. The molecule has 0 aliphatic carbocycles. The van der Waals surface area contributed by atoms with Crippen LogP contribution in [0.25, 0.3) is 0 Å². The average Bonchev–Trinajstić information content (AvgIpc) is 3.29. The molecule has 1 N–H and O–H groups in total. The molecule has 2 fully saturated rings. The van der Waals surface area contributed by atoms with E-state index < -0.39 is 0 Å². The van der Waals surface area contributed by atoms with Gasteiger partial charge in [0.05, 0.1) is 6.61 Å². The normalized spacial score (nSPS) is 23.7. The van der Waals surface area contributed by atoms with Crippen LogP contribution in [0.1, 0.15) is 24.8 Å². The molecule has 2 heterocycles. The molecule has 5 nitrogen and oxygen atoms in total. The number of guanidine groups is 1. The standard InChI is InChI=1S/C20H32N4O.HI/c1-21-20(23(2)14-18-10-12-25-16-18)22-13-19-9-6-11-24(19)15-17-7-4-3-5-8-17;/h3-5,7-8,18-19H,6,9-16H2,1-2H3,(H,21,22);1H. The molecule has 0 saturated carbocycles. The van der Waals surface area contributed by atoms with Crippen molar-refractivity contribution in [3.8, 4) is 0 Å². The third-order valence-corrected chi connectivity index (χ3v) is 5.35. The van der Waals surface area contributed by atoms with Crippen molar-refractivity contribution >= 4 is 29.9 Å². The third-order valence-electron chi connectivity index (χ3n) is 5.35. The van der Waals surface area contributed by atoms with Crippen molar-refractivity contribution in [2.45, 2.75) is 31.8 Å². The van der Waals surface area contributed by atoms with Gasteiger partial charge in [-0.05, 0) is 31.4 Å². The molecule has 0 bridgehead atoms. The Hall–Kier alpha value is -0.860. The second-order valence-corrected chi connectivity index (χ2v) is 7.29. The zero-order valence-electron chi connectivity index (χ0n) is 16.1. The summed E-state index contributed by atoms with van der Waals surface area (Å²) < 4.78 is 5.49. The van der Waals surface area contributed by atoms with Gasteiger partial charge in [0.15, 0.2) is 5.96 Å². The van der Waals surface area contributed by atoms with Gasteiger partial charge in [0.25, 0.3) is 0 Å². The summed E-state index contributed by atoms with van der Waals surface area (Å²) in [6, 6.07) is 11.4. The number of benzene rings is 1. The van der Waals surface area contributed by atoms with Crippen LogP contribution in [0.5, 0.6) is 0 Å². The third kappa shape index (κ3) is 6.09. The van der Waals surface area contributed by atoms with Crippen molar-refractivity contribution in [2.75, 3.05) is 46.9 Å². The Morgan fingerprint density at radius 2 is 2.12 bits per heavy atom. The Kier molecular flexibility index (Phi) is 9.15. The summed E-state index contributed by atoms with van der Waals surface area (Å²) in [6.45, 7) is 6.00. The summed E-state index contributed by atoms with van der Waals surface area (Å²) in [4.78, 5) is 9.32. The number of rotatable bonds is 6. The minimum atomic E-state index is 0. The maximum Gasteiger partial charge on any atom is 0.193 e. The largest absolute Gasteiger partial charge is 0.381 e. The van der Waals surface area contributed by atoms with E-state index in [0.717, 1.165) is 45.2 Å². The molecular formula is C20H33IN4O. The number of nitrogens with one attached hydrogen (secondary N) is 1. The molecule has 1 aromatic rings. The van der Waals surface area contributed by atoms with Gasteiger partial charge >= 0.3 is 0 Å². The van der Waals surface area contributed by atoms with E-state index in [9.17, 15) is 0 Å². The van der Waals surface area contributed by atoms with Crippen LogP contribution >= 0.6 is 24.0 Å². The Morgan fingerprint density at radius 3 is 2.81 bits per heavy atom. The lowest BCUT2D eigenvalue weighted by Crippen LogP contribution is -2.46. The first-order valence-corrected chi connectivity index (χ1v) is 9.53. The predicted molar refractivity (Wildman–Crippen MR) is 118 cm³/mol. The maximum absolute atomic E-state index is 5.49. The van der Waals surface area contributed by atoms with E-state index in [2.05, 4.69) is 57.5 Å². The van der Waals surface area contributed by atoms with Gasteiger partial charge in [0.1, 0.15) is 0 Å². The fraction of sp³-hybridized carbons (Fsp3) is 0.650. The Bertz CT molecular complexity index is 548. The summed E-state index contributed by atoms with van der Waals surface area (Å²) in [7, 11) is 4.00. The summed E-state index contributed by atoms with van der Waals surface area (Å²) in [5, 5.41) is 3.59. The molecule has 3 rings (SSSR count). The van der Waals surface area contributed by atoms with Gasteiger partial charge in [0.2, 0.25) is 0 Å². The molecular weight excluding hydrogens is 439 g/mol. The molecule has 26 heavy (non-hydrogen) atoms. The average molecular weight is 472 g/mol. The summed E-state index contributed by atoms with van der Waals surface area (Å²) >= 11 is 0. The molecule has 1 aromatic carbocycles. The Labute approximate surface area is 175 Å². The minimum Gasteiger partial charge on any atom is -0.381 e. The van der Waals surface area contributed by atoms with Gasteiger partial charge in [-0.3, -0.25) is 9.89 Å². The molecule has 2 atom stereocenters. The molecule has 2 aliphatic rings. The molecule has 2 aliphatic heterocycles. The Balaban J connectivity index is 0.00000243. The highest BCUT2D eigenvalue weighted by molar-refractivity contribution is 14.0. The number of halogens is 1. The van der Waals surface area contributed by atoms with E-state index in [4.69, 9.17) is 4.74 Å². The quantitative estimate of drug-likeness (QED) is 0.393. The predicted octanol–water partition coefficient (Wildman–Crippen LogP) is 2.81. The highest BCUT2D eigenvalue weighted by atomic mass is 127. The van der Waals surface area contributed by atoms with Crippen LogP contribution < -0.4 is 5.32 Å². The van der Waals surface area contributed by atoms with E-state index in [1.54, 1.807) is 0 Å². The van der Waals surface area contributed by atoms with Crippen LogP contribution in [0.2, 0.25) is 0 Å². The van der Waals surface area contributed by atoms with Crippen molar-refractivity contribution in [3.05, 3.63) is 35.9 Å². The van der Waals surface area contributed by atoms with Crippen molar-refractivity contribution < 1.29 is 4.74 Å². The van der Waals surface area contributed by atoms with Crippen molar-refractivity contribution in [1.82, 2.24) is 15.1 Å². The van der Waals surface area contributed by atoms with Gasteiger partial charge in [-0.15, -0.1) is 24.0 Å². The second kappa shape index (κ2) is 11.1. The lowest BCUT2D eigenvalue weighted by Gasteiger charge is -2.28. The van der Waals surface area contributed by atoms with Gasteiger partial charge in [-0.2, -0.15) is 0 Å². The molecule has 0 spiro atoms. The van der Waals surface area contributed by atoms with Crippen LogP contribution in [0.3, 0.4) is 0 Å². The smallest absolute Gasteiger partial charge is 0.193 e. The van der Waals surface area contributed by atoms with Gasteiger partial charge in [-0.1, -0.05) is 30.3 Å². The van der Waals surface area contributed by atoms with E-state index in [0.29, 0.717) is 12.0 Å². The molecule has 0 aromatic heterocycles. The van der Waals surface area contributed by atoms with E-state index in [1.807, 2.05) is 7.05 Å². The van der Waals surface area contributed by atoms with Crippen molar-refractivity contribution in [2.24, 2.45) is 10.9 Å². The molecule has 6 heteroatoms. The number of hydrogen-bond donors (Lipinski definition) is 1. The van der Waals surface area contributed by atoms with Crippen molar-refractivity contribution in [1.29, 1.82) is 0 Å². The summed E-state index contributed by atoms with van der Waals surface area (Å²) in [5.41, 5.74) is 1.40. The van der Waals surface area contributed by atoms with Crippen LogP contribution in [0.15, 0.2) is 35.3 Å². The first-order valence-electron chi connectivity index (χ1n) is 9.53.